The summed E-state index contributed by atoms with van der Waals surface area (Å²) in [6.07, 6.45) is 1.32. The molecule has 1 N–H and O–H groups in total. The van der Waals surface area contributed by atoms with Crippen molar-refractivity contribution < 1.29 is 22.7 Å². The van der Waals surface area contributed by atoms with Gasteiger partial charge in [0.05, 0.1) is 29.8 Å². The molecule has 0 unspecified atom stereocenters. The van der Waals surface area contributed by atoms with Crippen molar-refractivity contribution in [1.82, 2.24) is 0 Å². The quantitative estimate of drug-likeness (QED) is 0.789. The molecule has 0 bridgehead atoms. The number of carbonyl (C=O) groups is 1. The van der Waals surface area contributed by atoms with E-state index in [1.807, 2.05) is 0 Å². The van der Waals surface area contributed by atoms with Crippen molar-refractivity contribution in [2.24, 2.45) is 0 Å². The molecule has 0 radical (unpaired) electrons. The van der Waals surface area contributed by atoms with E-state index in [-0.39, 0.29) is 27.3 Å². The molecule has 2 aromatic rings. The number of sulfonamides is 1. The number of hydrogen-bond acceptors (Lipinski definition) is 5. The van der Waals surface area contributed by atoms with Crippen LogP contribution in [0.2, 0.25) is 5.02 Å². The lowest BCUT2D eigenvalue weighted by molar-refractivity contribution is -0.117. The van der Waals surface area contributed by atoms with E-state index in [1.165, 1.54) is 38.5 Å². The van der Waals surface area contributed by atoms with E-state index in [0.717, 1.165) is 6.42 Å². The SMILES string of the molecule is COc1cc(OC)c(NS(=O)(=O)c2ccc(N3CCCC3=O)cc2)cc1Cl. The predicted molar refractivity (Wildman–Crippen MR) is 103 cm³/mol. The Bertz CT molecular complexity index is 960. The molecule has 144 valence electrons. The highest BCUT2D eigenvalue weighted by Crippen LogP contribution is 2.37. The standard InChI is InChI=1S/C18H19ClN2O5S/c1-25-16-11-17(26-2)15(10-14(16)19)20-27(23,24)13-7-5-12(6-8-13)21-9-3-4-18(21)22/h5-8,10-11,20H,3-4,9H2,1-2H3. The average Bonchev–Trinajstić information content (AvgIpc) is 3.08. The summed E-state index contributed by atoms with van der Waals surface area (Å²) in [4.78, 5) is 13.5. The number of ether oxygens (including phenoxy) is 2. The van der Waals surface area contributed by atoms with E-state index in [9.17, 15) is 13.2 Å². The smallest absolute Gasteiger partial charge is 0.262 e. The van der Waals surface area contributed by atoms with Crippen molar-refractivity contribution in [2.75, 3.05) is 30.4 Å². The van der Waals surface area contributed by atoms with Crippen molar-refractivity contribution >= 4 is 38.9 Å². The highest BCUT2D eigenvalue weighted by Gasteiger charge is 2.23. The number of methoxy groups -OCH3 is 2. The van der Waals surface area contributed by atoms with Crippen molar-refractivity contribution in [3.63, 3.8) is 0 Å². The summed E-state index contributed by atoms with van der Waals surface area (Å²) in [5.74, 6) is 0.691. The molecular formula is C18H19ClN2O5S. The van der Waals surface area contributed by atoms with Crippen molar-refractivity contribution in [3.05, 3.63) is 41.4 Å². The first kappa shape index (κ1) is 19.3. The van der Waals surface area contributed by atoms with E-state index < -0.39 is 10.0 Å². The van der Waals surface area contributed by atoms with Crippen LogP contribution in [0.1, 0.15) is 12.8 Å². The first-order valence-electron chi connectivity index (χ1n) is 8.20. The highest BCUT2D eigenvalue weighted by atomic mass is 35.5. The minimum absolute atomic E-state index is 0.0429. The van der Waals surface area contributed by atoms with E-state index in [2.05, 4.69) is 4.72 Å². The van der Waals surface area contributed by atoms with Crippen molar-refractivity contribution in [1.29, 1.82) is 0 Å². The highest BCUT2D eigenvalue weighted by molar-refractivity contribution is 7.92. The van der Waals surface area contributed by atoms with Gasteiger partial charge in [0.1, 0.15) is 11.5 Å². The lowest BCUT2D eigenvalue weighted by atomic mass is 10.3. The molecule has 9 heteroatoms. The molecule has 1 saturated heterocycles. The van der Waals surface area contributed by atoms with Crippen LogP contribution in [0.3, 0.4) is 0 Å². The number of hydrogen-bond donors (Lipinski definition) is 1. The topological polar surface area (TPSA) is 84.9 Å². The van der Waals surface area contributed by atoms with E-state index in [1.54, 1.807) is 17.0 Å². The van der Waals surface area contributed by atoms with E-state index in [0.29, 0.717) is 24.4 Å². The van der Waals surface area contributed by atoms with Gasteiger partial charge in [-0.15, -0.1) is 0 Å². The Balaban J connectivity index is 1.87. The minimum Gasteiger partial charge on any atom is -0.495 e. The molecule has 0 saturated carbocycles. The predicted octanol–water partition coefficient (Wildman–Crippen LogP) is 3.28. The molecule has 1 aliphatic heterocycles. The van der Waals surface area contributed by atoms with Crippen LogP contribution < -0.4 is 19.1 Å². The van der Waals surface area contributed by atoms with Crippen LogP contribution in [0.4, 0.5) is 11.4 Å². The van der Waals surface area contributed by atoms with Gasteiger partial charge in [0.2, 0.25) is 5.91 Å². The molecule has 0 spiro atoms. The number of anilines is 2. The van der Waals surface area contributed by atoms with Gasteiger partial charge in [-0.05, 0) is 36.8 Å². The van der Waals surface area contributed by atoms with E-state index >= 15 is 0 Å². The summed E-state index contributed by atoms with van der Waals surface area (Å²) in [7, 11) is -0.994. The Morgan fingerprint density at radius 1 is 1.07 bits per heavy atom. The fraction of sp³-hybridized carbons (Fsp3) is 0.278. The molecule has 1 heterocycles. The second kappa shape index (κ2) is 7.66. The van der Waals surface area contributed by atoms with Gasteiger partial charge in [-0.1, -0.05) is 11.6 Å². The summed E-state index contributed by atoms with van der Waals surface area (Å²) < 4.78 is 38.2. The molecule has 2 aromatic carbocycles. The first-order chi connectivity index (χ1) is 12.9. The van der Waals surface area contributed by atoms with Gasteiger partial charge in [0.15, 0.2) is 0 Å². The molecular weight excluding hydrogens is 392 g/mol. The van der Waals surface area contributed by atoms with Crippen LogP contribution in [-0.4, -0.2) is 35.1 Å². The Hall–Kier alpha value is -2.45. The summed E-state index contributed by atoms with van der Waals surface area (Å²) in [6, 6.07) is 9.09. The molecule has 1 fully saturated rings. The fourth-order valence-corrected chi connectivity index (χ4v) is 4.17. The molecule has 27 heavy (non-hydrogen) atoms. The normalized spacial score (nSPS) is 14.3. The Morgan fingerprint density at radius 2 is 1.74 bits per heavy atom. The zero-order chi connectivity index (χ0) is 19.6. The Morgan fingerprint density at radius 3 is 2.30 bits per heavy atom. The second-order valence-corrected chi connectivity index (χ2v) is 8.02. The fourth-order valence-electron chi connectivity index (χ4n) is 2.87. The third kappa shape index (κ3) is 3.96. The molecule has 3 rings (SSSR count). The average molecular weight is 411 g/mol. The van der Waals surface area contributed by atoms with Gasteiger partial charge in [0.25, 0.3) is 10.0 Å². The van der Waals surface area contributed by atoms with Crippen molar-refractivity contribution in [3.8, 4) is 11.5 Å². The lowest BCUT2D eigenvalue weighted by Gasteiger charge is -2.17. The van der Waals surface area contributed by atoms with Gasteiger partial charge < -0.3 is 14.4 Å². The Kier molecular flexibility index (Phi) is 5.48. The van der Waals surface area contributed by atoms with Crippen LogP contribution >= 0.6 is 11.6 Å². The first-order valence-corrected chi connectivity index (χ1v) is 10.1. The van der Waals surface area contributed by atoms with Crippen molar-refractivity contribution in [2.45, 2.75) is 17.7 Å². The number of rotatable bonds is 6. The number of carbonyl (C=O) groups excluding carboxylic acids is 1. The lowest BCUT2D eigenvalue weighted by Crippen LogP contribution is -2.23. The number of nitrogens with zero attached hydrogens (tertiary/aromatic N) is 1. The van der Waals surface area contributed by atoms with E-state index in [4.69, 9.17) is 21.1 Å². The largest absolute Gasteiger partial charge is 0.495 e. The number of nitrogens with one attached hydrogen (secondary N) is 1. The summed E-state index contributed by atoms with van der Waals surface area (Å²) in [6.45, 7) is 0.644. The number of amides is 1. The van der Waals surface area contributed by atoms with Gasteiger partial charge in [-0.25, -0.2) is 8.42 Å². The molecule has 1 amide bonds. The number of benzene rings is 2. The Labute approximate surface area is 162 Å². The van der Waals surface area contributed by atoms with Crippen LogP contribution in [0, 0.1) is 0 Å². The van der Waals surface area contributed by atoms with Crippen LogP contribution in [0.5, 0.6) is 11.5 Å². The third-order valence-corrected chi connectivity index (χ3v) is 5.93. The molecule has 0 aromatic heterocycles. The maximum absolute atomic E-state index is 12.7. The maximum Gasteiger partial charge on any atom is 0.262 e. The van der Waals surface area contributed by atoms with Gasteiger partial charge >= 0.3 is 0 Å². The van der Waals surface area contributed by atoms with Crippen LogP contribution in [0.25, 0.3) is 0 Å². The zero-order valence-corrected chi connectivity index (χ0v) is 16.4. The second-order valence-electron chi connectivity index (χ2n) is 5.94. The number of halogens is 1. The van der Waals surface area contributed by atoms with Gasteiger partial charge in [0, 0.05) is 24.7 Å². The molecule has 0 aliphatic carbocycles. The summed E-state index contributed by atoms with van der Waals surface area (Å²) in [5.41, 5.74) is 0.878. The summed E-state index contributed by atoms with van der Waals surface area (Å²) in [5, 5.41) is 0.249. The summed E-state index contributed by atoms with van der Waals surface area (Å²) >= 11 is 6.09. The zero-order valence-electron chi connectivity index (χ0n) is 14.9. The van der Waals surface area contributed by atoms with Crippen LogP contribution in [0.15, 0.2) is 41.3 Å². The third-order valence-electron chi connectivity index (χ3n) is 4.25. The van der Waals surface area contributed by atoms with Crippen LogP contribution in [-0.2, 0) is 14.8 Å². The molecule has 1 aliphatic rings. The van der Waals surface area contributed by atoms with Gasteiger partial charge in [-0.2, -0.15) is 0 Å². The minimum atomic E-state index is -3.87. The van der Waals surface area contributed by atoms with Gasteiger partial charge in [-0.3, -0.25) is 9.52 Å². The molecule has 7 nitrogen and oxygen atoms in total. The maximum atomic E-state index is 12.7. The monoisotopic (exact) mass is 410 g/mol. The molecule has 0 atom stereocenters.